The van der Waals surface area contributed by atoms with E-state index in [4.69, 9.17) is 7.74 Å². The van der Waals surface area contributed by atoms with Crippen molar-refractivity contribution in [1.82, 2.24) is 0 Å². The van der Waals surface area contributed by atoms with Gasteiger partial charge >= 0.3 is 0 Å². The zero-order valence-corrected chi connectivity index (χ0v) is 7.09. The third kappa shape index (κ3) is 1.33. The molecule has 2 rings (SSSR count). The predicted octanol–water partition coefficient (Wildman–Crippen LogP) is 0.207. The van der Waals surface area contributed by atoms with Crippen molar-refractivity contribution in [2.75, 3.05) is 0 Å². The minimum atomic E-state index is 1.22. The van der Waals surface area contributed by atoms with Crippen molar-refractivity contribution in [3.63, 3.8) is 0 Å². The van der Waals surface area contributed by atoms with E-state index in [-0.39, 0.29) is 0 Å². The summed E-state index contributed by atoms with van der Waals surface area (Å²) in [6.45, 7) is 0. The van der Waals surface area contributed by atoms with Gasteiger partial charge in [0.15, 0.2) is 0 Å². The molecule has 1 aliphatic rings. The van der Waals surface area contributed by atoms with Gasteiger partial charge < -0.3 is 0 Å². The third-order valence-electron chi connectivity index (χ3n) is 2.46. The molecule has 1 aromatic rings. The molecule has 0 aliphatic heterocycles. The van der Waals surface area contributed by atoms with Gasteiger partial charge in [-0.2, -0.15) is 0 Å². The molecule has 0 spiro atoms. The zero-order chi connectivity index (χ0) is 8.39. The summed E-state index contributed by atoms with van der Waals surface area (Å²) in [7, 11) is 8.98. The summed E-state index contributed by atoms with van der Waals surface area (Å²) in [5.41, 5.74) is 4.30. The molecule has 1 aliphatic carbocycles. The Kier molecular flexibility index (Phi) is 2.29. The Morgan fingerprint density at radius 2 is 2.17 bits per heavy atom. The molecular formula is C9H9B3. The van der Waals surface area contributed by atoms with E-state index in [0.29, 0.717) is 0 Å². The van der Waals surface area contributed by atoms with Crippen LogP contribution in [0, 0.1) is 0 Å². The van der Waals surface area contributed by atoms with E-state index < -0.39 is 0 Å². The van der Waals surface area contributed by atoms with Crippen molar-refractivity contribution in [2.45, 2.75) is 19.3 Å². The van der Waals surface area contributed by atoms with Crippen molar-refractivity contribution in [2.24, 2.45) is 0 Å². The molecule has 0 atom stereocenters. The van der Waals surface area contributed by atoms with E-state index in [1.807, 2.05) is 7.17 Å². The van der Waals surface area contributed by atoms with Gasteiger partial charge in [0, 0.05) is 14.8 Å². The molecule has 54 valence electrons. The lowest BCUT2D eigenvalue weighted by Crippen LogP contribution is -2.24. The third-order valence-corrected chi connectivity index (χ3v) is 2.46. The summed E-state index contributed by atoms with van der Waals surface area (Å²) in [5, 5.41) is 0. The van der Waals surface area contributed by atoms with Crippen LogP contribution in [0.1, 0.15) is 17.5 Å². The van der Waals surface area contributed by atoms with Crippen molar-refractivity contribution >= 4 is 27.4 Å². The van der Waals surface area contributed by atoms with Crippen LogP contribution in [0.25, 0.3) is 0 Å². The van der Waals surface area contributed by atoms with E-state index in [2.05, 4.69) is 18.2 Å². The van der Waals surface area contributed by atoms with Gasteiger partial charge in [-0.05, 0) is 24.8 Å². The molecule has 0 nitrogen and oxygen atoms in total. The molecule has 0 N–H and O–H groups in total. The number of aryl methyl sites for hydroxylation is 1. The van der Waals surface area contributed by atoms with Crippen LogP contribution in [0.4, 0.5) is 0 Å². The molecule has 0 bridgehead atoms. The van der Waals surface area contributed by atoms with Crippen LogP contribution < -0.4 is 5.46 Å². The number of hydrogen-bond donors (Lipinski definition) is 0. The Morgan fingerprint density at radius 3 is 3.00 bits per heavy atom. The van der Waals surface area contributed by atoms with Gasteiger partial charge in [-0.25, -0.2) is 0 Å². The quantitative estimate of drug-likeness (QED) is 0.528. The SMILES string of the molecule is [B][B][B]c1cccc2c1CCC2. The van der Waals surface area contributed by atoms with Crippen LogP contribution in [0.3, 0.4) is 0 Å². The van der Waals surface area contributed by atoms with Crippen molar-refractivity contribution in [3.05, 3.63) is 29.3 Å². The van der Waals surface area contributed by atoms with Gasteiger partial charge in [0.05, 0.1) is 7.17 Å². The fourth-order valence-electron chi connectivity index (χ4n) is 1.91. The molecule has 0 saturated heterocycles. The molecule has 4 radical (unpaired) electrons. The van der Waals surface area contributed by atoms with E-state index in [0.717, 1.165) is 0 Å². The lowest BCUT2D eigenvalue weighted by molar-refractivity contribution is 0.913. The number of fused-ring (bicyclic) bond motifs is 1. The van der Waals surface area contributed by atoms with Gasteiger partial charge in [-0.3, -0.25) is 0 Å². The van der Waals surface area contributed by atoms with E-state index >= 15 is 0 Å². The normalized spacial score (nSPS) is 14.0. The Labute approximate surface area is 76.6 Å². The Balaban J connectivity index is 2.36. The molecular weight excluding hydrogens is 141 g/mol. The lowest BCUT2D eigenvalue weighted by Gasteiger charge is -2.05. The Bertz CT molecular complexity index is 283. The highest BCUT2D eigenvalue weighted by molar-refractivity contribution is 7.27. The van der Waals surface area contributed by atoms with E-state index in [1.165, 1.54) is 35.9 Å². The second kappa shape index (κ2) is 3.43. The summed E-state index contributed by atoms with van der Waals surface area (Å²) in [6, 6.07) is 6.46. The smallest absolute Gasteiger partial charge is 0.0946 e. The Morgan fingerprint density at radius 1 is 1.25 bits per heavy atom. The topological polar surface area (TPSA) is 0 Å². The number of rotatable bonds is 2. The highest BCUT2D eigenvalue weighted by Crippen LogP contribution is 2.18. The molecule has 1 aromatic carbocycles. The maximum atomic E-state index is 5.37. The summed E-state index contributed by atoms with van der Waals surface area (Å²) in [4.78, 5) is 0. The monoisotopic (exact) mass is 150 g/mol. The second-order valence-electron chi connectivity index (χ2n) is 3.20. The van der Waals surface area contributed by atoms with Gasteiger partial charge in [0.1, 0.15) is 0 Å². The molecule has 3 heteroatoms. The fourth-order valence-corrected chi connectivity index (χ4v) is 1.91. The second-order valence-corrected chi connectivity index (χ2v) is 3.20. The average Bonchev–Trinajstić information content (AvgIpc) is 2.53. The van der Waals surface area contributed by atoms with Crippen LogP contribution >= 0.6 is 0 Å². The fraction of sp³-hybridized carbons (Fsp3) is 0.333. The maximum absolute atomic E-state index is 5.37. The van der Waals surface area contributed by atoms with Gasteiger partial charge in [-0.1, -0.05) is 29.2 Å². The summed E-state index contributed by atoms with van der Waals surface area (Å²) in [5.74, 6) is 0. The van der Waals surface area contributed by atoms with Crippen LogP contribution in [-0.4, -0.2) is 22.0 Å². The van der Waals surface area contributed by atoms with E-state index in [9.17, 15) is 0 Å². The van der Waals surface area contributed by atoms with Crippen molar-refractivity contribution in [1.29, 1.82) is 0 Å². The molecule has 0 heterocycles. The number of hydrogen-bond acceptors (Lipinski definition) is 0. The minimum Gasteiger partial charge on any atom is -0.0946 e. The lowest BCUT2D eigenvalue weighted by atomic mass is 9.26. The molecule has 0 aromatic heterocycles. The van der Waals surface area contributed by atoms with E-state index in [1.54, 1.807) is 7.06 Å². The van der Waals surface area contributed by atoms with Gasteiger partial charge in [0.2, 0.25) is 0 Å². The highest BCUT2D eigenvalue weighted by Gasteiger charge is 2.12. The molecule has 0 amide bonds. The summed E-state index contributed by atoms with van der Waals surface area (Å²) in [6.07, 6.45) is 3.75. The van der Waals surface area contributed by atoms with Gasteiger partial charge in [0.25, 0.3) is 0 Å². The largest absolute Gasteiger partial charge is 0.0960 e. The number of benzene rings is 1. The van der Waals surface area contributed by atoms with Crippen LogP contribution in [0.15, 0.2) is 18.2 Å². The van der Waals surface area contributed by atoms with Crippen LogP contribution in [0.5, 0.6) is 0 Å². The molecule has 0 unspecified atom stereocenters. The molecule has 12 heavy (non-hydrogen) atoms. The van der Waals surface area contributed by atoms with Crippen LogP contribution in [0.2, 0.25) is 0 Å². The molecule has 0 fully saturated rings. The summed E-state index contributed by atoms with van der Waals surface area (Å²) < 4.78 is 0. The standard InChI is InChI=1S/C9H9B3/c10-12-11-9-6-2-4-7-3-1-5-8(7)9/h2,4,6H,1,3,5H2. The maximum Gasteiger partial charge on any atom is 0.0960 e. The van der Waals surface area contributed by atoms with Crippen LogP contribution in [-0.2, 0) is 12.8 Å². The van der Waals surface area contributed by atoms with Gasteiger partial charge in [-0.15, -0.1) is 0 Å². The minimum absolute atomic E-state index is 1.22. The molecule has 0 saturated carbocycles. The zero-order valence-electron chi connectivity index (χ0n) is 7.09. The first-order valence-electron chi connectivity index (χ1n) is 4.41. The van der Waals surface area contributed by atoms with Crippen molar-refractivity contribution < 1.29 is 0 Å². The first-order chi connectivity index (χ1) is 5.92. The summed E-state index contributed by atoms with van der Waals surface area (Å²) >= 11 is 0. The highest BCUT2D eigenvalue weighted by atomic mass is 14.1. The first-order valence-corrected chi connectivity index (χ1v) is 4.41. The average molecular weight is 150 g/mol. The Hall–Kier alpha value is -0.585. The predicted molar refractivity (Wildman–Crippen MR) is 55.4 cm³/mol. The van der Waals surface area contributed by atoms with Crippen molar-refractivity contribution in [3.8, 4) is 0 Å². The first kappa shape index (κ1) is 8.03.